The van der Waals surface area contributed by atoms with E-state index in [1.807, 2.05) is 50.2 Å². The number of carbonyl (C=O) groups is 2. The minimum Gasteiger partial charge on any atom is -0.486 e. The van der Waals surface area contributed by atoms with Gasteiger partial charge in [0.15, 0.2) is 18.1 Å². The Morgan fingerprint density at radius 1 is 1.14 bits per heavy atom. The smallest absolute Gasteiger partial charge is 0.316 e. The number of anilines is 1. The molecule has 0 saturated heterocycles. The van der Waals surface area contributed by atoms with Gasteiger partial charge in [-0.15, -0.1) is 11.8 Å². The maximum absolute atomic E-state index is 12.1. The van der Waals surface area contributed by atoms with Gasteiger partial charge in [-0.2, -0.15) is 0 Å². The van der Waals surface area contributed by atoms with Crippen LogP contribution in [0.5, 0.6) is 11.5 Å². The average molecular weight is 401 g/mol. The lowest BCUT2D eigenvalue weighted by Gasteiger charge is -2.18. The van der Waals surface area contributed by atoms with E-state index >= 15 is 0 Å². The van der Waals surface area contributed by atoms with Crippen molar-refractivity contribution in [2.24, 2.45) is 0 Å². The van der Waals surface area contributed by atoms with E-state index in [1.54, 1.807) is 0 Å². The second-order valence-electron chi connectivity index (χ2n) is 6.27. The molecule has 1 aliphatic heterocycles. The van der Waals surface area contributed by atoms with Gasteiger partial charge >= 0.3 is 5.97 Å². The highest BCUT2D eigenvalue weighted by Gasteiger charge is 2.14. The number of fused-ring (bicyclic) bond motifs is 1. The molecule has 0 fully saturated rings. The van der Waals surface area contributed by atoms with E-state index in [0.29, 0.717) is 24.7 Å². The Kier molecular flexibility index (Phi) is 6.81. The lowest BCUT2D eigenvalue weighted by molar-refractivity contribution is -0.144. The van der Waals surface area contributed by atoms with Gasteiger partial charge in [0.1, 0.15) is 13.2 Å². The topological polar surface area (TPSA) is 73.9 Å². The highest BCUT2D eigenvalue weighted by atomic mass is 32.2. The fourth-order valence-corrected chi connectivity index (χ4v) is 3.54. The van der Waals surface area contributed by atoms with Crippen LogP contribution < -0.4 is 14.8 Å². The van der Waals surface area contributed by atoms with Crippen LogP contribution >= 0.6 is 11.8 Å². The number of rotatable bonds is 7. The molecule has 0 bridgehead atoms. The van der Waals surface area contributed by atoms with E-state index in [4.69, 9.17) is 14.2 Å². The van der Waals surface area contributed by atoms with Crippen LogP contribution in [0.15, 0.2) is 41.3 Å². The van der Waals surface area contributed by atoms with E-state index in [0.717, 1.165) is 28.1 Å². The first-order valence-corrected chi connectivity index (χ1v) is 10.1. The molecule has 0 saturated carbocycles. The predicted molar refractivity (Wildman–Crippen MR) is 108 cm³/mol. The normalized spacial score (nSPS) is 12.4. The fourth-order valence-electron chi connectivity index (χ4n) is 2.82. The van der Waals surface area contributed by atoms with Crippen molar-refractivity contribution in [3.63, 3.8) is 0 Å². The quantitative estimate of drug-likeness (QED) is 0.564. The number of ether oxygens (including phenoxy) is 3. The number of hydrogen-bond acceptors (Lipinski definition) is 6. The number of para-hydroxylation sites is 1. The Labute approximate surface area is 168 Å². The largest absolute Gasteiger partial charge is 0.486 e. The number of carbonyl (C=O) groups excluding carboxylic acids is 2. The first-order chi connectivity index (χ1) is 13.6. The van der Waals surface area contributed by atoms with Crippen molar-refractivity contribution in [2.45, 2.75) is 25.2 Å². The van der Waals surface area contributed by atoms with Crippen molar-refractivity contribution in [1.82, 2.24) is 0 Å². The summed E-state index contributed by atoms with van der Waals surface area (Å²) in [6.45, 7) is 4.71. The number of aryl methyl sites for hydroxylation is 2. The van der Waals surface area contributed by atoms with Gasteiger partial charge in [0.05, 0.1) is 5.75 Å². The summed E-state index contributed by atoms with van der Waals surface area (Å²) >= 11 is 1.32. The van der Waals surface area contributed by atoms with Crippen LogP contribution in [-0.4, -0.2) is 37.4 Å². The molecule has 6 nitrogen and oxygen atoms in total. The highest BCUT2D eigenvalue weighted by Crippen LogP contribution is 2.34. The molecule has 2 aromatic rings. The van der Waals surface area contributed by atoms with Crippen molar-refractivity contribution >= 4 is 29.3 Å². The van der Waals surface area contributed by atoms with Gasteiger partial charge in [-0.1, -0.05) is 25.1 Å². The number of amides is 1. The molecule has 28 heavy (non-hydrogen) atoms. The zero-order valence-electron chi connectivity index (χ0n) is 15.9. The van der Waals surface area contributed by atoms with Crippen LogP contribution in [-0.2, 0) is 20.7 Å². The highest BCUT2D eigenvalue weighted by molar-refractivity contribution is 8.00. The van der Waals surface area contributed by atoms with E-state index in [-0.39, 0.29) is 18.3 Å². The molecule has 1 aliphatic rings. The number of hydrogen-bond donors (Lipinski definition) is 1. The van der Waals surface area contributed by atoms with Crippen LogP contribution in [0.25, 0.3) is 0 Å². The SMILES string of the molecule is CCc1cccc(C)c1NC(=O)COC(=O)CSc1ccc2c(c1)OCCO2. The van der Waals surface area contributed by atoms with Crippen molar-refractivity contribution in [3.8, 4) is 11.5 Å². The fraction of sp³-hybridized carbons (Fsp3) is 0.333. The maximum atomic E-state index is 12.1. The van der Waals surface area contributed by atoms with E-state index in [1.165, 1.54) is 11.8 Å². The van der Waals surface area contributed by atoms with Crippen molar-refractivity contribution in [1.29, 1.82) is 0 Å². The molecule has 1 N–H and O–H groups in total. The van der Waals surface area contributed by atoms with Gasteiger partial charge in [0.2, 0.25) is 0 Å². The number of esters is 1. The molecule has 3 rings (SSSR count). The predicted octanol–water partition coefficient (Wildman–Crippen LogP) is 3.60. The minimum atomic E-state index is -0.449. The Balaban J connectivity index is 1.46. The van der Waals surface area contributed by atoms with Gasteiger partial charge in [0.25, 0.3) is 5.91 Å². The van der Waals surface area contributed by atoms with E-state index < -0.39 is 5.97 Å². The molecule has 148 valence electrons. The molecule has 1 amide bonds. The molecule has 0 spiro atoms. The molecule has 0 aromatic heterocycles. The van der Waals surface area contributed by atoms with Crippen molar-refractivity contribution in [2.75, 3.05) is 30.9 Å². The lowest BCUT2D eigenvalue weighted by atomic mass is 10.1. The van der Waals surface area contributed by atoms with Crippen LogP contribution in [0, 0.1) is 6.92 Å². The molecule has 1 heterocycles. The monoisotopic (exact) mass is 401 g/mol. The number of nitrogens with one attached hydrogen (secondary N) is 1. The maximum Gasteiger partial charge on any atom is 0.316 e. The Hall–Kier alpha value is -2.67. The summed E-state index contributed by atoms with van der Waals surface area (Å²) in [7, 11) is 0. The van der Waals surface area contributed by atoms with Gasteiger partial charge in [-0.25, -0.2) is 0 Å². The number of thioether (sulfide) groups is 1. The molecular formula is C21H23NO5S. The van der Waals surface area contributed by atoms with Gasteiger partial charge in [-0.05, 0) is 42.7 Å². The van der Waals surface area contributed by atoms with Gasteiger partial charge in [-0.3, -0.25) is 9.59 Å². The van der Waals surface area contributed by atoms with Crippen LogP contribution in [0.2, 0.25) is 0 Å². The minimum absolute atomic E-state index is 0.109. The molecular weight excluding hydrogens is 378 g/mol. The molecule has 0 atom stereocenters. The first-order valence-electron chi connectivity index (χ1n) is 9.13. The van der Waals surface area contributed by atoms with Gasteiger partial charge in [0, 0.05) is 10.6 Å². The van der Waals surface area contributed by atoms with E-state index in [2.05, 4.69) is 5.32 Å². The summed E-state index contributed by atoms with van der Waals surface area (Å²) in [5, 5.41) is 2.84. The Bertz CT molecular complexity index is 868. The summed E-state index contributed by atoms with van der Waals surface area (Å²) in [5.74, 6) is 0.695. The first kappa shape index (κ1) is 20.1. The molecule has 7 heteroatoms. The van der Waals surface area contributed by atoms with Crippen LogP contribution in [0.3, 0.4) is 0 Å². The summed E-state index contributed by atoms with van der Waals surface area (Å²) in [6, 6.07) is 11.4. The summed E-state index contributed by atoms with van der Waals surface area (Å²) < 4.78 is 16.1. The molecule has 0 aliphatic carbocycles. The summed E-state index contributed by atoms with van der Waals surface area (Å²) in [4.78, 5) is 25.0. The van der Waals surface area contributed by atoms with Crippen LogP contribution in [0.1, 0.15) is 18.1 Å². The third-order valence-corrected chi connectivity index (χ3v) is 5.21. The average Bonchev–Trinajstić information content (AvgIpc) is 2.72. The Morgan fingerprint density at radius 3 is 2.71 bits per heavy atom. The second kappa shape index (κ2) is 9.50. The standard InChI is InChI=1S/C21H23NO5S/c1-3-15-6-4-5-14(2)21(15)22-19(23)12-27-20(24)13-28-16-7-8-17-18(11-16)26-10-9-25-17/h4-8,11H,3,9-10,12-13H2,1-2H3,(H,22,23). The van der Waals surface area contributed by atoms with Gasteiger partial charge < -0.3 is 19.5 Å². The summed E-state index contributed by atoms with van der Waals surface area (Å²) in [5.41, 5.74) is 2.82. The molecule has 0 radical (unpaired) electrons. The second-order valence-corrected chi connectivity index (χ2v) is 7.31. The molecule has 2 aromatic carbocycles. The lowest BCUT2D eigenvalue weighted by Crippen LogP contribution is -2.22. The zero-order chi connectivity index (χ0) is 19.9. The molecule has 0 unspecified atom stereocenters. The van der Waals surface area contributed by atoms with Crippen molar-refractivity contribution < 1.29 is 23.8 Å². The summed E-state index contributed by atoms with van der Waals surface area (Å²) in [6.07, 6.45) is 0.809. The van der Waals surface area contributed by atoms with Crippen molar-refractivity contribution in [3.05, 3.63) is 47.5 Å². The third-order valence-electron chi connectivity index (χ3n) is 4.24. The van der Waals surface area contributed by atoms with E-state index in [9.17, 15) is 9.59 Å². The third kappa shape index (κ3) is 5.19. The number of benzene rings is 2. The Morgan fingerprint density at radius 2 is 1.93 bits per heavy atom. The van der Waals surface area contributed by atoms with Crippen LogP contribution in [0.4, 0.5) is 5.69 Å². The zero-order valence-corrected chi connectivity index (χ0v) is 16.8.